The van der Waals surface area contributed by atoms with Crippen molar-refractivity contribution < 1.29 is 14.4 Å². The Kier molecular flexibility index (Phi) is 6.72. The zero-order valence-corrected chi connectivity index (χ0v) is 13.9. The molecule has 2 N–H and O–H groups in total. The Morgan fingerprint density at radius 1 is 1.14 bits per heavy atom. The summed E-state index contributed by atoms with van der Waals surface area (Å²) in [5.41, 5.74) is 0.840. The molecule has 0 bridgehead atoms. The minimum absolute atomic E-state index is 0.00432. The van der Waals surface area contributed by atoms with Gasteiger partial charge in [0.2, 0.25) is 0 Å². The van der Waals surface area contributed by atoms with Crippen LogP contribution in [-0.4, -0.2) is 31.6 Å². The van der Waals surface area contributed by atoms with E-state index >= 15 is 0 Å². The van der Waals surface area contributed by atoms with Crippen LogP contribution in [-0.2, 0) is 4.79 Å². The first kappa shape index (κ1) is 16.8. The number of likely N-dealkylation sites (tertiary alicyclic amines) is 1. The van der Waals surface area contributed by atoms with Crippen molar-refractivity contribution in [3.8, 4) is 5.75 Å². The lowest BCUT2D eigenvalue weighted by Gasteiger charge is -2.26. The molecule has 0 saturated carbocycles. The monoisotopic (exact) mass is 305 g/mol. The number of hydrogen-bond donors (Lipinski definition) is 2. The maximum Gasteiger partial charge on any atom is 0.282 e. The van der Waals surface area contributed by atoms with E-state index in [0.717, 1.165) is 24.5 Å². The van der Waals surface area contributed by atoms with Crippen molar-refractivity contribution in [3.63, 3.8) is 0 Å². The van der Waals surface area contributed by atoms with Crippen molar-refractivity contribution in [3.05, 3.63) is 24.3 Å². The average Bonchev–Trinajstić information content (AvgIpc) is 2.48. The molecular formula is C18H29N2O2+. The van der Waals surface area contributed by atoms with Crippen LogP contribution in [0.4, 0.5) is 5.69 Å². The third-order valence-electron chi connectivity index (χ3n) is 4.43. The number of nitrogens with one attached hydrogen (secondary N) is 2. The Morgan fingerprint density at radius 3 is 2.32 bits per heavy atom. The SMILES string of the molecule is CCOc1ccc(NC(=O)[C@@H](C)[NH+]2CCCCCCC2)cc1. The highest BCUT2D eigenvalue weighted by molar-refractivity contribution is 5.93. The molecule has 0 spiro atoms. The van der Waals surface area contributed by atoms with E-state index in [-0.39, 0.29) is 11.9 Å². The van der Waals surface area contributed by atoms with Gasteiger partial charge in [0, 0.05) is 5.69 Å². The maximum atomic E-state index is 12.5. The van der Waals surface area contributed by atoms with Gasteiger partial charge < -0.3 is 15.0 Å². The molecule has 4 heteroatoms. The van der Waals surface area contributed by atoms with Crippen LogP contribution >= 0.6 is 0 Å². The molecule has 22 heavy (non-hydrogen) atoms. The normalized spacial score (nSPS) is 18.1. The molecule has 1 saturated heterocycles. The van der Waals surface area contributed by atoms with Crippen LogP contribution in [0.2, 0.25) is 0 Å². The second kappa shape index (κ2) is 8.79. The first-order chi connectivity index (χ1) is 10.7. The molecule has 2 rings (SSSR count). The molecule has 0 radical (unpaired) electrons. The van der Waals surface area contributed by atoms with Crippen molar-refractivity contribution in [2.45, 2.75) is 52.0 Å². The summed E-state index contributed by atoms with van der Waals surface area (Å²) in [6.45, 7) is 6.88. The zero-order chi connectivity index (χ0) is 15.8. The molecule has 1 atom stereocenters. The van der Waals surface area contributed by atoms with Gasteiger partial charge in [0.1, 0.15) is 5.75 Å². The lowest BCUT2D eigenvalue weighted by molar-refractivity contribution is -0.914. The highest BCUT2D eigenvalue weighted by Gasteiger charge is 2.25. The molecule has 1 aliphatic heterocycles. The predicted molar refractivity (Wildman–Crippen MR) is 89.5 cm³/mol. The minimum Gasteiger partial charge on any atom is -0.494 e. The van der Waals surface area contributed by atoms with Crippen molar-refractivity contribution in [2.75, 3.05) is 25.0 Å². The number of ether oxygens (including phenoxy) is 1. The molecule has 1 aliphatic rings. The lowest BCUT2D eigenvalue weighted by atomic mass is 10.1. The maximum absolute atomic E-state index is 12.5. The fourth-order valence-electron chi connectivity index (χ4n) is 3.03. The first-order valence-electron chi connectivity index (χ1n) is 8.59. The summed E-state index contributed by atoms with van der Waals surface area (Å²) in [7, 11) is 0. The van der Waals surface area contributed by atoms with E-state index in [1.165, 1.54) is 37.0 Å². The van der Waals surface area contributed by atoms with E-state index in [9.17, 15) is 4.79 Å². The number of anilines is 1. The Labute approximate surface area is 133 Å². The number of carbonyl (C=O) groups is 1. The van der Waals surface area contributed by atoms with Crippen LogP contribution in [0, 0.1) is 0 Å². The zero-order valence-electron chi connectivity index (χ0n) is 13.9. The molecule has 1 fully saturated rings. The standard InChI is InChI=1S/C18H28N2O2/c1-3-22-17-11-9-16(10-12-17)19-18(21)15(2)20-13-7-5-4-6-8-14-20/h9-12,15H,3-8,13-14H2,1-2H3,(H,19,21)/p+1/t15-/m1/s1. The fourth-order valence-corrected chi connectivity index (χ4v) is 3.03. The predicted octanol–water partition coefficient (Wildman–Crippen LogP) is 2.26. The Bertz CT molecular complexity index is 451. The summed E-state index contributed by atoms with van der Waals surface area (Å²) >= 11 is 0. The van der Waals surface area contributed by atoms with Gasteiger partial charge in [-0.15, -0.1) is 0 Å². The number of carbonyl (C=O) groups excluding carboxylic acids is 1. The quantitative estimate of drug-likeness (QED) is 0.876. The smallest absolute Gasteiger partial charge is 0.282 e. The van der Waals surface area contributed by atoms with Crippen LogP contribution in [0.1, 0.15) is 46.0 Å². The third-order valence-corrected chi connectivity index (χ3v) is 4.43. The van der Waals surface area contributed by atoms with Crippen molar-refractivity contribution in [1.82, 2.24) is 0 Å². The van der Waals surface area contributed by atoms with Crippen molar-refractivity contribution in [2.24, 2.45) is 0 Å². The van der Waals surface area contributed by atoms with Crippen LogP contribution in [0.3, 0.4) is 0 Å². The molecule has 122 valence electrons. The lowest BCUT2D eigenvalue weighted by Crippen LogP contribution is -3.16. The van der Waals surface area contributed by atoms with Crippen molar-refractivity contribution in [1.29, 1.82) is 0 Å². The van der Waals surface area contributed by atoms with Gasteiger partial charge in [-0.1, -0.05) is 6.42 Å². The van der Waals surface area contributed by atoms with E-state index in [4.69, 9.17) is 4.74 Å². The third kappa shape index (κ3) is 5.02. The van der Waals surface area contributed by atoms with Gasteiger partial charge >= 0.3 is 0 Å². The van der Waals surface area contributed by atoms with E-state index in [1.807, 2.05) is 38.1 Å². The summed E-state index contributed by atoms with van der Waals surface area (Å²) < 4.78 is 5.42. The van der Waals surface area contributed by atoms with E-state index in [1.54, 1.807) is 0 Å². The number of amides is 1. The topological polar surface area (TPSA) is 42.8 Å². The number of rotatable bonds is 5. The molecule has 4 nitrogen and oxygen atoms in total. The number of quaternary nitrogens is 1. The van der Waals surface area contributed by atoms with Gasteiger partial charge in [0.15, 0.2) is 6.04 Å². The molecule has 1 heterocycles. The van der Waals surface area contributed by atoms with Crippen LogP contribution < -0.4 is 15.0 Å². The molecule has 0 unspecified atom stereocenters. The van der Waals surface area contributed by atoms with Crippen LogP contribution in [0.15, 0.2) is 24.3 Å². The number of hydrogen-bond acceptors (Lipinski definition) is 2. The minimum atomic E-state index is 0.00432. The highest BCUT2D eigenvalue weighted by Crippen LogP contribution is 2.15. The second-order valence-corrected chi connectivity index (χ2v) is 6.09. The molecule has 0 aromatic heterocycles. The molecule has 1 aromatic carbocycles. The van der Waals surface area contributed by atoms with Crippen LogP contribution in [0.5, 0.6) is 5.75 Å². The first-order valence-corrected chi connectivity index (χ1v) is 8.59. The van der Waals surface area contributed by atoms with E-state index in [2.05, 4.69) is 5.32 Å². The summed E-state index contributed by atoms with van der Waals surface area (Å²) in [4.78, 5) is 13.9. The largest absolute Gasteiger partial charge is 0.494 e. The molecule has 0 aliphatic carbocycles. The average molecular weight is 305 g/mol. The van der Waals surface area contributed by atoms with Gasteiger partial charge in [0.05, 0.1) is 19.7 Å². The van der Waals surface area contributed by atoms with Crippen LogP contribution in [0.25, 0.3) is 0 Å². The molecular weight excluding hydrogens is 276 g/mol. The van der Waals surface area contributed by atoms with Gasteiger partial charge in [-0.25, -0.2) is 0 Å². The number of benzene rings is 1. The highest BCUT2D eigenvalue weighted by atomic mass is 16.5. The van der Waals surface area contributed by atoms with E-state index in [0.29, 0.717) is 6.61 Å². The summed E-state index contributed by atoms with van der Waals surface area (Å²) in [6, 6.07) is 7.60. The van der Waals surface area contributed by atoms with Gasteiger partial charge in [-0.05, 0) is 63.8 Å². The summed E-state index contributed by atoms with van der Waals surface area (Å²) in [6.07, 6.45) is 6.42. The Morgan fingerprint density at radius 2 is 1.73 bits per heavy atom. The van der Waals surface area contributed by atoms with Gasteiger partial charge in [0.25, 0.3) is 5.91 Å². The Hall–Kier alpha value is -1.55. The van der Waals surface area contributed by atoms with Gasteiger partial charge in [-0.3, -0.25) is 4.79 Å². The second-order valence-electron chi connectivity index (χ2n) is 6.09. The Balaban J connectivity index is 1.89. The van der Waals surface area contributed by atoms with E-state index < -0.39 is 0 Å². The summed E-state index contributed by atoms with van der Waals surface area (Å²) in [5, 5.41) is 3.03. The summed E-state index contributed by atoms with van der Waals surface area (Å²) in [5.74, 6) is 0.947. The van der Waals surface area contributed by atoms with Crippen molar-refractivity contribution >= 4 is 11.6 Å². The fraction of sp³-hybridized carbons (Fsp3) is 0.611. The molecule has 1 aromatic rings. The molecule has 1 amide bonds. The van der Waals surface area contributed by atoms with Gasteiger partial charge in [-0.2, -0.15) is 0 Å².